The van der Waals surface area contributed by atoms with Crippen LogP contribution in [-0.4, -0.2) is 31.1 Å². The number of aromatic nitrogens is 5. The highest BCUT2D eigenvalue weighted by molar-refractivity contribution is 6.32. The van der Waals surface area contributed by atoms with Crippen molar-refractivity contribution in [2.75, 3.05) is 11.9 Å². The van der Waals surface area contributed by atoms with E-state index < -0.39 is 0 Å². The Kier molecular flexibility index (Phi) is 4.38. The van der Waals surface area contributed by atoms with Gasteiger partial charge in [0.2, 0.25) is 0 Å². The molecule has 0 saturated heterocycles. The summed E-state index contributed by atoms with van der Waals surface area (Å²) in [5.74, 6) is 3.05. The Hall–Kier alpha value is -2.33. The van der Waals surface area contributed by atoms with Crippen LogP contribution in [0.25, 0.3) is 0 Å². The maximum atomic E-state index is 12.0. The summed E-state index contributed by atoms with van der Waals surface area (Å²) in [7, 11) is 1.79. The number of nitrogens with zero attached hydrogens (tertiary/aromatic N) is 5. The molecule has 0 fully saturated rings. The molecule has 0 spiro atoms. The number of aryl methyl sites for hydroxylation is 1. The van der Waals surface area contributed by atoms with E-state index in [9.17, 15) is 4.79 Å². The molecule has 0 atom stereocenters. The second kappa shape index (κ2) is 6.21. The number of halogens is 1. The van der Waals surface area contributed by atoms with Crippen molar-refractivity contribution >= 4 is 17.3 Å². The zero-order chi connectivity index (χ0) is 14.5. The van der Waals surface area contributed by atoms with Crippen molar-refractivity contribution < 1.29 is 0 Å². The van der Waals surface area contributed by atoms with E-state index in [1.807, 2.05) is 0 Å². The van der Waals surface area contributed by atoms with Crippen molar-refractivity contribution in [1.82, 2.24) is 24.5 Å². The third kappa shape index (κ3) is 3.16. The molecule has 8 heteroatoms. The first-order valence-electron chi connectivity index (χ1n) is 5.89. The summed E-state index contributed by atoms with van der Waals surface area (Å²) < 4.78 is 2.79. The van der Waals surface area contributed by atoms with Crippen LogP contribution in [0, 0.1) is 12.3 Å². The monoisotopic (exact) mass is 292 g/mol. The lowest BCUT2D eigenvalue weighted by Crippen LogP contribution is -2.26. The molecule has 104 valence electrons. The highest BCUT2D eigenvalue weighted by Gasteiger charge is 2.09. The minimum Gasteiger partial charge on any atom is -0.379 e. The van der Waals surface area contributed by atoms with Crippen LogP contribution in [-0.2, 0) is 20.0 Å². The Bertz CT molecular complexity index is 699. The summed E-state index contributed by atoms with van der Waals surface area (Å²) >= 11 is 5.96. The first-order valence-corrected chi connectivity index (χ1v) is 6.27. The van der Waals surface area contributed by atoms with E-state index in [0.29, 0.717) is 18.8 Å². The molecule has 0 bridgehead atoms. The maximum Gasteiger partial charge on any atom is 0.292 e. The molecule has 0 amide bonds. The number of hydrogen-bond acceptors (Lipinski definition) is 5. The van der Waals surface area contributed by atoms with Crippen molar-refractivity contribution in [3.05, 3.63) is 33.7 Å². The van der Waals surface area contributed by atoms with E-state index in [4.69, 9.17) is 18.0 Å². The predicted molar refractivity (Wildman–Crippen MR) is 75.5 cm³/mol. The van der Waals surface area contributed by atoms with Crippen molar-refractivity contribution in [1.29, 1.82) is 0 Å². The van der Waals surface area contributed by atoms with Gasteiger partial charge in [-0.3, -0.25) is 9.48 Å². The van der Waals surface area contributed by atoms with E-state index in [-0.39, 0.29) is 22.8 Å². The highest BCUT2D eigenvalue weighted by atomic mass is 35.5. The van der Waals surface area contributed by atoms with Crippen LogP contribution < -0.4 is 10.9 Å². The average molecular weight is 293 g/mol. The third-order valence-corrected chi connectivity index (χ3v) is 2.82. The molecule has 1 N–H and O–H groups in total. The van der Waals surface area contributed by atoms with Crippen LogP contribution in [0.15, 0.2) is 17.3 Å². The third-order valence-electron chi connectivity index (χ3n) is 2.54. The molecule has 0 unspecified atom stereocenters. The van der Waals surface area contributed by atoms with Crippen molar-refractivity contribution in [3.8, 4) is 12.3 Å². The standard InChI is InChI=1S/C12H13ClN6O/c1-3-6-19-12(20)11(9(13)7-16-19)14-5-4-10-15-8-18(2)17-10/h1,7-8,14H,4-6H2,2H3. The first kappa shape index (κ1) is 14.1. The molecule has 0 aliphatic heterocycles. The average Bonchev–Trinajstić information content (AvgIpc) is 2.83. The fourth-order valence-corrected chi connectivity index (χ4v) is 1.82. The molecule has 0 aliphatic carbocycles. The van der Waals surface area contributed by atoms with Gasteiger partial charge in [-0.2, -0.15) is 10.2 Å². The fourth-order valence-electron chi connectivity index (χ4n) is 1.63. The Morgan fingerprint density at radius 2 is 2.35 bits per heavy atom. The second-order valence-corrected chi connectivity index (χ2v) is 4.45. The quantitative estimate of drug-likeness (QED) is 0.803. The van der Waals surface area contributed by atoms with Crippen LogP contribution in [0.4, 0.5) is 5.69 Å². The van der Waals surface area contributed by atoms with Crippen LogP contribution in [0.1, 0.15) is 5.82 Å². The Morgan fingerprint density at radius 1 is 1.55 bits per heavy atom. The lowest BCUT2D eigenvalue weighted by atomic mass is 10.3. The molecule has 0 aliphatic rings. The van der Waals surface area contributed by atoms with Gasteiger partial charge >= 0.3 is 0 Å². The van der Waals surface area contributed by atoms with E-state index >= 15 is 0 Å². The molecule has 0 aromatic carbocycles. The molecule has 2 rings (SSSR count). The molecule has 2 heterocycles. The number of rotatable bonds is 5. The molecule has 2 aromatic rings. The maximum absolute atomic E-state index is 12.0. The van der Waals surface area contributed by atoms with E-state index in [2.05, 4.69) is 26.4 Å². The number of terminal acetylenes is 1. The topological polar surface area (TPSA) is 77.6 Å². The van der Waals surface area contributed by atoms with Crippen LogP contribution in [0.2, 0.25) is 5.02 Å². The Morgan fingerprint density at radius 3 is 3.00 bits per heavy atom. The van der Waals surface area contributed by atoms with E-state index in [1.54, 1.807) is 18.1 Å². The molecule has 0 saturated carbocycles. The summed E-state index contributed by atoms with van der Waals surface area (Å²) in [5.41, 5.74) is -0.0581. The van der Waals surface area contributed by atoms with Gasteiger partial charge < -0.3 is 5.32 Å². The zero-order valence-corrected chi connectivity index (χ0v) is 11.6. The van der Waals surface area contributed by atoms with Crippen molar-refractivity contribution in [3.63, 3.8) is 0 Å². The van der Waals surface area contributed by atoms with Gasteiger partial charge in [-0.25, -0.2) is 9.67 Å². The zero-order valence-electron chi connectivity index (χ0n) is 10.9. The van der Waals surface area contributed by atoms with Crippen LogP contribution in [0.5, 0.6) is 0 Å². The smallest absolute Gasteiger partial charge is 0.292 e. The SMILES string of the molecule is C#CCn1ncc(Cl)c(NCCc2ncn(C)n2)c1=O. The van der Waals surface area contributed by atoms with Gasteiger partial charge in [0.25, 0.3) is 5.56 Å². The van der Waals surface area contributed by atoms with Crippen LogP contribution in [0.3, 0.4) is 0 Å². The van der Waals surface area contributed by atoms with Crippen molar-refractivity contribution in [2.24, 2.45) is 7.05 Å². The number of nitrogens with one attached hydrogen (secondary N) is 1. The Balaban J connectivity index is 2.07. The van der Waals surface area contributed by atoms with Crippen LogP contribution >= 0.6 is 11.6 Å². The summed E-state index contributed by atoms with van der Waals surface area (Å²) in [5, 5.41) is 11.2. The Labute approximate surface area is 120 Å². The minimum absolute atomic E-state index is 0.104. The fraction of sp³-hybridized carbons (Fsp3) is 0.333. The molecular formula is C12H13ClN6O. The molecule has 0 radical (unpaired) electrons. The molecule has 2 aromatic heterocycles. The first-order chi connectivity index (χ1) is 9.61. The lowest BCUT2D eigenvalue weighted by Gasteiger charge is -2.08. The molecule has 20 heavy (non-hydrogen) atoms. The van der Waals surface area contributed by atoms with Gasteiger partial charge in [-0.05, 0) is 0 Å². The van der Waals surface area contributed by atoms with Gasteiger partial charge in [0.15, 0.2) is 5.82 Å². The normalized spacial score (nSPS) is 10.2. The summed E-state index contributed by atoms with van der Waals surface area (Å²) in [6.07, 6.45) is 8.76. The number of hydrogen-bond donors (Lipinski definition) is 1. The van der Waals surface area contributed by atoms with E-state index in [0.717, 1.165) is 0 Å². The molecule has 7 nitrogen and oxygen atoms in total. The highest BCUT2D eigenvalue weighted by Crippen LogP contribution is 2.14. The van der Waals surface area contributed by atoms with Gasteiger partial charge in [0.05, 0.1) is 11.2 Å². The van der Waals surface area contributed by atoms with E-state index in [1.165, 1.54) is 10.9 Å². The minimum atomic E-state index is -0.343. The lowest BCUT2D eigenvalue weighted by molar-refractivity contribution is 0.664. The van der Waals surface area contributed by atoms with Crippen molar-refractivity contribution in [2.45, 2.75) is 13.0 Å². The van der Waals surface area contributed by atoms with Gasteiger partial charge in [-0.15, -0.1) is 6.42 Å². The van der Waals surface area contributed by atoms with Gasteiger partial charge in [0.1, 0.15) is 18.6 Å². The van der Waals surface area contributed by atoms with Gasteiger partial charge in [0, 0.05) is 20.0 Å². The summed E-state index contributed by atoms with van der Waals surface area (Å²) in [4.78, 5) is 16.1. The number of anilines is 1. The van der Waals surface area contributed by atoms with Gasteiger partial charge in [-0.1, -0.05) is 17.5 Å². The summed E-state index contributed by atoms with van der Waals surface area (Å²) in [6, 6.07) is 0. The largest absolute Gasteiger partial charge is 0.379 e. The predicted octanol–water partition coefficient (Wildman–Crippen LogP) is 0.313. The molecular weight excluding hydrogens is 280 g/mol. The summed E-state index contributed by atoms with van der Waals surface area (Å²) in [6.45, 7) is 0.589. The second-order valence-electron chi connectivity index (χ2n) is 4.05.